The molecular formula is C31H19B. The number of hydrogen-bond acceptors (Lipinski definition) is 0. The number of hydrogen-bond donors (Lipinski definition) is 0. The van der Waals surface area contributed by atoms with E-state index in [9.17, 15) is 0 Å². The number of fused-ring (bicyclic) bond motifs is 10. The van der Waals surface area contributed by atoms with Gasteiger partial charge in [-0.3, -0.25) is 0 Å². The van der Waals surface area contributed by atoms with Gasteiger partial charge in [0.15, 0.2) is 0 Å². The van der Waals surface area contributed by atoms with Gasteiger partial charge in [-0.2, -0.15) is 0 Å². The normalized spacial score (nSPS) is 17.0. The first kappa shape index (κ1) is 17.8. The monoisotopic (exact) mass is 402 g/mol. The Balaban J connectivity index is 1.70. The molecule has 0 amide bonds. The predicted octanol–water partition coefficient (Wildman–Crippen LogP) is 6.49. The van der Waals surface area contributed by atoms with E-state index in [1.807, 2.05) is 6.07 Å². The van der Waals surface area contributed by atoms with Crippen molar-refractivity contribution in [3.63, 3.8) is 0 Å². The van der Waals surface area contributed by atoms with E-state index in [4.69, 9.17) is 7.85 Å². The molecule has 2 aliphatic rings. The van der Waals surface area contributed by atoms with Crippen LogP contribution in [0.1, 0.15) is 22.3 Å². The molecule has 0 saturated heterocycles. The molecule has 2 aliphatic carbocycles. The lowest BCUT2D eigenvalue weighted by atomic mass is 9.67. The van der Waals surface area contributed by atoms with Crippen molar-refractivity contribution in [2.45, 2.75) is 5.41 Å². The average Bonchev–Trinajstić information content (AvgIpc) is 3.33. The predicted molar refractivity (Wildman–Crippen MR) is 134 cm³/mol. The van der Waals surface area contributed by atoms with Gasteiger partial charge in [-0.05, 0) is 55.6 Å². The van der Waals surface area contributed by atoms with Crippen LogP contribution in [-0.2, 0) is 5.41 Å². The van der Waals surface area contributed by atoms with Crippen LogP contribution in [0.15, 0.2) is 115 Å². The van der Waals surface area contributed by atoms with Crippen molar-refractivity contribution in [2.24, 2.45) is 0 Å². The minimum atomic E-state index is -0.395. The van der Waals surface area contributed by atoms with Gasteiger partial charge in [0.05, 0.1) is 5.41 Å². The highest BCUT2D eigenvalue weighted by Gasteiger charge is 2.52. The van der Waals surface area contributed by atoms with Crippen molar-refractivity contribution in [1.29, 1.82) is 0 Å². The molecule has 5 aromatic rings. The molecular weight excluding hydrogens is 383 g/mol. The second kappa shape index (κ2) is 6.34. The maximum absolute atomic E-state index is 6.77. The molecule has 0 bridgehead atoms. The van der Waals surface area contributed by atoms with Crippen molar-refractivity contribution in [1.82, 2.24) is 0 Å². The SMILES string of the molecule is [B]c1cccc2c1C1(c3ccccc3-2)c2ccccc2-c2c(-c3ccccc3)cccc21. The van der Waals surface area contributed by atoms with Crippen molar-refractivity contribution in [3.05, 3.63) is 138 Å². The van der Waals surface area contributed by atoms with Crippen LogP contribution in [0.2, 0.25) is 0 Å². The van der Waals surface area contributed by atoms with E-state index in [-0.39, 0.29) is 0 Å². The van der Waals surface area contributed by atoms with Gasteiger partial charge in [-0.1, -0.05) is 121 Å². The Morgan fingerprint density at radius 1 is 0.438 bits per heavy atom. The fourth-order valence-electron chi connectivity index (χ4n) is 6.14. The molecule has 1 heteroatoms. The fourth-order valence-corrected chi connectivity index (χ4v) is 6.14. The molecule has 0 fully saturated rings. The van der Waals surface area contributed by atoms with Crippen LogP contribution in [-0.4, -0.2) is 7.85 Å². The van der Waals surface area contributed by atoms with Crippen molar-refractivity contribution in [2.75, 3.05) is 0 Å². The van der Waals surface area contributed by atoms with Gasteiger partial charge in [0.25, 0.3) is 0 Å². The van der Waals surface area contributed by atoms with E-state index < -0.39 is 5.41 Å². The summed E-state index contributed by atoms with van der Waals surface area (Å²) in [5.41, 5.74) is 13.3. The summed E-state index contributed by atoms with van der Waals surface area (Å²) >= 11 is 0. The number of rotatable bonds is 1. The van der Waals surface area contributed by atoms with Crippen molar-refractivity contribution >= 4 is 13.3 Å². The zero-order chi connectivity index (χ0) is 21.3. The molecule has 1 atom stereocenters. The molecule has 0 N–H and O–H groups in total. The van der Waals surface area contributed by atoms with Gasteiger partial charge in [0.1, 0.15) is 7.85 Å². The molecule has 146 valence electrons. The lowest BCUT2D eigenvalue weighted by Crippen LogP contribution is -2.31. The summed E-state index contributed by atoms with van der Waals surface area (Å²) in [6.07, 6.45) is 0. The van der Waals surface area contributed by atoms with Crippen molar-refractivity contribution < 1.29 is 0 Å². The smallest absolute Gasteiger partial charge is 0.0913 e. The third-order valence-corrected chi connectivity index (χ3v) is 7.25. The third-order valence-electron chi connectivity index (χ3n) is 7.25. The molecule has 0 aliphatic heterocycles. The largest absolute Gasteiger partial charge is 0.114 e. The van der Waals surface area contributed by atoms with E-state index in [2.05, 4.69) is 109 Å². The van der Waals surface area contributed by atoms with Crippen LogP contribution < -0.4 is 5.46 Å². The molecule has 0 nitrogen and oxygen atoms in total. The molecule has 7 rings (SSSR count). The minimum absolute atomic E-state index is 0.395. The maximum Gasteiger partial charge on any atom is 0.114 e. The molecule has 2 radical (unpaired) electrons. The lowest BCUT2D eigenvalue weighted by Gasteiger charge is -2.32. The Kier molecular flexibility index (Phi) is 3.53. The Bertz CT molecular complexity index is 1530. The summed E-state index contributed by atoms with van der Waals surface area (Å²) in [6, 6.07) is 41.5. The molecule has 0 saturated carbocycles. The zero-order valence-electron chi connectivity index (χ0n) is 17.5. The van der Waals surface area contributed by atoms with E-state index in [1.165, 1.54) is 55.6 Å². The molecule has 0 aromatic heterocycles. The standard InChI is InChI=1S/C31H19B/c32-28-19-9-15-23-22-12-4-6-16-25(22)31(30(23)28)26-17-7-5-13-24(26)29-21(14-8-18-27(29)31)20-10-2-1-3-11-20/h1-19H. The summed E-state index contributed by atoms with van der Waals surface area (Å²) in [6.45, 7) is 0. The van der Waals surface area contributed by atoms with Crippen LogP contribution >= 0.6 is 0 Å². The van der Waals surface area contributed by atoms with E-state index >= 15 is 0 Å². The van der Waals surface area contributed by atoms with Crippen LogP contribution in [0.5, 0.6) is 0 Å². The first-order valence-electron chi connectivity index (χ1n) is 11.1. The van der Waals surface area contributed by atoms with Gasteiger partial charge in [-0.15, -0.1) is 0 Å². The second-order valence-electron chi connectivity index (χ2n) is 8.71. The van der Waals surface area contributed by atoms with Gasteiger partial charge in [-0.25, -0.2) is 0 Å². The first-order chi connectivity index (χ1) is 15.8. The quantitative estimate of drug-likeness (QED) is 0.275. The average molecular weight is 402 g/mol. The van der Waals surface area contributed by atoms with Gasteiger partial charge in [0, 0.05) is 0 Å². The summed E-state index contributed by atoms with van der Waals surface area (Å²) in [7, 11) is 6.77. The molecule has 32 heavy (non-hydrogen) atoms. The molecule has 5 aromatic carbocycles. The van der Waals surface area contributed by atoms with Gasteiger partial charge >= 0.3 is 0 Å². The van der Waals surface area contributed by atoms with E-state index in [0.717, 1.165) is 5.46 Å². The topological polar surface area (TPSA) is 0 Å². The fraction of sp³-hybridized carbons (Fsp3) is 0.0323. The van der Waals surface area contributed by atoms with Crippen molar-refractivity contribution in [3.8, 4) is 33.4 Å². The van der Waals surface area contributed by atoms with Crippen LogP contribution in [0, 0.1) is 0 Å². The lowest BCUT2D eigenvalue weighted by molar-refractivity contribution is 0.799. The Morgan fingerprint density at radius 3 is 1.81 bits per heavy atom. The first-order valence-corrected chi connectivity index (χ1v) is 11.1. The van der Waals surface area contributed by atoms with Gasteiger partial charge in [0.2, 0.25) is 0 Å². The highest BCUT2D eigenvalue weighted by molar-refractivity contribution is 6.34. The van der Waals surface area contributed by atoms with E-state index in [0.29, 0.717) is 0 Å². The van der Waals surface area contributed by atoms with Crippen LogP contribution in [0.3, 0.4) is 0 Å². The highest BCUT2D eigenvalue weighted by atomic mass is 14.5. The number of benzene rings is 5. The van der Waals surface area contributed by atoms with Crippen LogP contribution in [0.4, 0.5) is 0 Å². The Hall–Kier alpha value is -3.84. The van der Waals surface area contributed by atoms with E-state index in [1.54, 1.807) is 0 Å². The summed E-state index contributed by atoms with van der Waals surface area (Å²) in [5, 5.41) is 0. The minimum Gasteiger partial charge on any atom is -0.0913 e. The molecule has 1 unspecified atom stereocenters. The highest BCUT2D eigenvalue weighted by Crippen LogP contribution is 2.63. The maximum atomic E-state index is 6.77. The second-order valence-corrected chi connectivity index (χ2v) is 8.71. The zero-order valence-corrected chi connectivity index (χ0v) is 17.5. The molecule has 1 spiro atoms. The van der Waals surface area contributed by atoms with Crippen LogP contribution in [0.25, 0.3) is 33.4 Å². The third kappa shape index (κ3) is 2.04. The van der Waals surface area contributed by atoms with Gasteiger partial charge < -0.3 is 0 Å². The summed E-state index contributed by atoms with van der Waals surface area (Å²) in [5.74, 6) is 0. The Labute approximate surface area is 189 Å². The molecule has 0 heterocycles. The summed E-state index contributed by atoms with van der Waals surface area (Å²) < 4.78 is 0. The Morgan fingerprint density at radius 2 is 1.00 bits per heavy atom. The summed E-state index contributed by atoms with van der Waals surface area (Å²) in [4.78, 5) is 0.